The van der Waals surface area contributed by atoms with Gasteiger partial charge in [-0.1, -0.05) is 20.8 Å². The average molecular weight is 180 g/mol. The molecule has 0 aromatic rings. The van der Waals surface area contributed by atoms with Crippen molar-refractivity contribution in [2.75, 3.05) is 21.3 Å². The Hall–Kier alpha value is 0.0969. The fraction of sp³-hybridized carbons (Fsp3) is 1.00. The molecule has 0 bridgehead atoms. The Morgan fingerprint density at radius 3 is 1.00 bits per heavy atom. The lowest BCUT2D eigenvalue weighted by Crippen LogP contribution is -2.21. The van der Waals surface area contributed by atoms with Gasteiger partial charge < -0.3 is 13.3 Å². The molecule has 0 aromatic heterocycles. The van der Waals surface area contributed by atoms with E-state index in [9.17, 15) is 0 Å². The molecular weight excluding hydrogens is 160 g/mol. The molecule has 70 valence electrons. The van der Waals surface area contributed by atoms with E-state index in [1.54, 1.807) is 21.3 Å². The summed E-state index contributed by atoms with van der Waals surface area (Å²) >= 11 is 0. The molecule has 0 fully saturated rings. The van der Waals surface area contributed by atoms with Crippen LogP contribution in [-0.2, 0) is 13.3 Å². The van der Waals surface area contributed by atoms with E-state index >= 15 is 0 Å². The van der Waals surface area contributed by atoms with Gasteiger partial charge >= 0.3 is 9.53 Å². The summed E-state index contributed by atoms with van der Waals surface area (Å²) in [7, 11) is 3.05. The Kier molecular flexibility index (Phi) is 12.5. The van der Waals surface area contributed by atoms with Gasteiger partial charge in [0.25, 0.3) is 0 Å². The standard InChI is InChI=1S/C4H10.C3H10O3Si/c1-4(2)3;1-4-7(5-2)6-3/h4H,1-3H3;7H,1-3H3. The molecule has 0 spiro atoms. The van der Waals surface area contributed by atoms with Crippen LogP contribution in [0.15, 0.2) is 0 Å². The van der Waals surface area contributed by atoms with Gasteiger partial charge in [-0.15, -0.1) is 0 Å². The minimum atomic E-state index is -1.67. The molecule has 4 heteroatoms. The molecule has 0 aromatic carbocycles. The van der Waals surface area contributed by atoms with Crippen molar-refractivity contribution in [3.8, 4) is 0 Å². The van der Waals surface area contributed by atoms with Gasteiger partial charge in [0.15, 0.2) is 0 Å². The van der Waals surface area contributed by atoms with E-state index < -0.39 is 9.53 Å². The molecule has 0 radical (unpaired) electrons. The highest BCUT2D eigenvalue weighted by Gasteiger charge is 2.04. The van der Waals surface area contributed by atoms with Crippen LogP contribution in [-0.4, -0.2) is 30.9 Å². The number of hydrogen-bond donors (Lipinski definition) is 0. The third-order valence-corrected chi connectivity index (χ3v) is 1.73. The Labute approximate surface area is 71.6 Å². The van der Waals surface area contributed by atoms with Crippen LogP contribution in [0.4, 0.5) is 0 Å². The van der Waals surface area contributed by atoms with Crippen molar-refractivity contribution in [3.05, 3.63) is 0 Å². The minimum Gasteiger partial charge on any atom is -0.379 e. The van der Waals surface area contributed by atoms with E-state index in [0.717, 1.165) is 5.92 Å². The van der Waals surface area contributed by atoms with Gasteiger partial charge in [0, 0.05) is 21.3 Å². The van der Waals surface area contributed by atoms with Crippen LogP contribution in [0.3, 0.4) is 0 Å². The van der Waals surface area contributed by atoms with Gasteiger partial charge in [0.05, 0.1) is 0 Å². The van der Waals surface area contributed by atoms with E-state index in [2.05, 4.69) is 20.8 Å². The van der Waals surface area contributed by atoms with Crippen LogP contribution in [0.5, 0.6) is 0 Å². The maximum Gasteiger partial charge on any atom is 0.483 e. The molecule has 0 aliphatic carbocycles. The van der Waals surface area contributed by atoms with Crippen molar-refractivity contribution in [1.29, 1.82) is 0 Å². The highest BCUT2D eigenvalue weighted by Crippen LogP contribution is 1.81. The van der Waals surface area contributed by atoms with E-state index in [-0.39, 0.29) is 0 Å². The third-order valence-electron chi connectivity index (χ3n) is 0.577. The molecule has 3 nitrogen and oxygen atoms in total. The Bertz CT molecular complexity index is 56.4. The Morgan fingerprint density at radius 2 is 1.00 bits per heavy atom. The predicted octanol–water partition coefficient (Wildman–Crippen LogP) is 1.31. The summed E-state index contributed by atoms with van der Waals surface area (Å²) in [6.45, 7) is 6.50. The highest BCUT2D eigenvalue weighted by molar-refractivity contribution is 6.36. The van der Waals surface area contributed by atoms with Crippen molar-refractivity contribution in [2.24, 2.45) is 5.92 Å². The van der Waals surface area contributed by atoms with Gasteiger partial charge in [-0.3, -0.25) is 0 Å². The molecule has 0 aliphatic heterocycles. The summed E-state index contributed by atoms with van der Waals surface area (Å²) in [5.41, 5.74) is 0. The van der Waals surface area contributed by atoms with Gasteiger partial charge in [-0.05, 0) is 5.92 Å². The first-order valence-corrected chi connectivity index (χ1v) is 5.08. The molecule has 11 heavy (non-hydrogen) atoms. The molecule has 0 atom stereocenters. The van der Waals surface area contributed by atoms with Crippen molar-refractivity contribution in [2.45, 2.75) is 20.8 Å². The van der Waals surface area contributed by atoms with Crippen LogP contribution >= 0.6 is 0 Å². The number of rotatable bonds is 3. The molecule has 0 unspecified atom stereocenters. The van der Waals surface area contributed by atoms with E-state index in [0.29, 0.717) is 0 Å². The second-order valence-electron chi connectivity index (χ2n) is 2.73. The van der Waals surface area contributed by atoms with Gasteiger partial charge in [0.1, 0.15) is 0 Å². The first kappa shape index (κ1) is 13.7. The predicted molar refractivity (Wildman–Crippen MR) is 48.7 cm³/mol. The monoisotopic (exact) mass is 180 g/mol. The van der Waals surface area contributed by atoms with Crippen LogP contribution in [0.1, 0.15) is 20.8 Å². The van der Waals surface area contributed by atoms with Crippen LogP contribution < -0.4 is 0 Å². The molecule has 0 N–H and O–H groups in total. The Morgan fingerprint density at radius 1 is 0.818 bits per heavy atom. The molecule has 0 amide bonds. The topological polar surface area (TPSA) is 27.7 Å². The average Bonchev–Trinajstić information content (AvgIpc) is 1.90. The normalized spacial score (nSPS) is 9.82. The van der Waals surface area contributed by atoms with Crippen LogP contribution in [0, 0.1) is 5.92 Å². The quantitative estimate of drug-likeness (QED) is 0.613. The fourth-order valence-electron chi connectivity index (χ4n) is 0.289. The number of hydrogen-bond acceptors (Lipinski definition) is 3. The zero-order valence-corrected chi connectivity index (χ0v) is 9.53. The second kappa shape index (κ2) is 10.1. The van der Waals surface area contributed by atoms with Gasteiger partial charge in [0.2, 0.25) is 0 Å². The lowest BCUT2D eigenvalue weighted by Gasteiger charge is -2.05. The summed E-state index contributed by atoms with van der Waals surface area (Å²) in [5.74, 6) is 0.833. The smallest absolute Gasteiger partial charge is 0.379 e. The first-order valence-electron chi connectivity index (χ1n) is 3.66. The molecule has 0 rings (SSSR count). The summed E-state index contributed by atoms with van der Waals surface area (Å²) in [5, 5.41) is 0. The lowest BCUT2D eigenvalue weighted by atomic mass is 10.3. The van der Waals surface area contributed by atoms with E-state index in [4.69, 9.17) is 13.3 Å². The fourth-order valence-corrected chi connectivity index (χ4v) is 0.866. The summed E-state index contributed by atoms with van der Waals surface area (Å²) in [6.07, 6.45) is 0. The van der Waals surface area contributed by atoms with Crippen molar-refractivity contribution >= 4 is 9.53 Å². The molecule has 0 heterocycles. The van der Waals surface area contributed by atoms with Gasteiger partial charge in [-0.25, -0.2) is 0 Å². The minimum absolute atomic E-state index is 0.833. The Balaban J connectivity index is 0. The van der Waals surface area contributed by atoms with Crippen molar-refractivity contribution in [1.82, 2.24) is 0 Å². The van der Waals surface area contributed by atoms with Crippen LogP contribution in [0.25, 0.3) is 0 Å². The lowest BCUT2D eigenvalue weighted by molar-refractivity contribution is 0.163. The summed E-state index contributed by atoms with van der Waals surface area (Å²) in [6, 6.07) is 0. The van der Waals surface area contributed by atoms with E-state index in [1.165, 1.54) is 0 Å². The third kappa shape index (κ3) is 17.8. The van der Waals surface area contributed by atoms with Crippen molar-refractivity contribution < 1.29 is 13.3 Å². The zero-order valence-electron chi connectivity index (χ0n) is 8.38. The summed E-state index contributed by atoms with van der Waals surface area (Å²) < 4.78 is 14.2. The molecule has 0 saturated carbocycles. The molecule has 0 saturated heterocycles. The second-order valence-corrected chi connectivity index (χ2v) is 4.72. The molecule has 0 aliphatic rings. The first-order chi connectivity index (χ1) is 5.08. The summed E-state index contributed by atoms with van der Waals surface area (Å²) in [4.78, 5) is 0. The molecular formula is C7H20O3Si. The van der Waals surface area contributed by atoms with Crippen molar-refractivity contribution in [3.63, 3.8) is 0 Å². The SMILES string of the molecule is CC(C)C.CO[SiH](OC)OC. The largest absolute Gasteiger partial charge is 0.483 e. The van der Waals surface area contributed by atoms with Crippen LogP contribution in [0.2, 0.25) is 0 Å². The zero-order chi connectivity index (χ0) is 9.28. The maximum atomic E-state index is 4.74. The maximum absolute atomic E-state index is 4.74. The van der Waals surface area contributed by atoms with E-state index in [1.807, 2.05) is 0 Å². The highest BCUT2D eigenvalue weighted by atomic mass is 28.3. The van der Waals surface area contributed by atoms with Gasteiger partial charge in [-0.2, -0.15) is 0 Å².